The predicted octanol–water partition coefficient (Wildman–Crippen LogP) is 1.80. The van der Waals surface area contributed by atoms with Crippen LogP contribution in [0.2, 0.25) is 0 Å². The molecule has 0 fully saturated rings. The number of carbonyl (C=O) groups is 2. The van der Waals surface area contributed by atoms with Crippen molar-refractivity contribution in [2.24, 2.45) is 0 Å². The number of aliphatic carboxylic acids is 1. The number of alkyl halides is 3. The number of nitrogens with zero attached hydrogens (tertiary/aromatic N) is 1. The van der Waals surface area contributed by atoms with Crippen molar-refractivity contribution < 1.29 is 32.6 Å². The number of amides is 1. The van der Waals surface area contributed by atoms with E-state index in [-0.39, 0.29) is 17.4 Å². The molecule has 0 saturated carbocycles. The number of carbonyl (C=O) groups excluding carboxylic acids is 1. The van der Waals surface area contributed by atoms with Gasteiger partial charge < -0.3 is 15.2 Å². The molecule has 1 heterocycles. The smallest absolute Gasteiger partial charge is 0.417 e. The van der Waals surface area contributed by atoms with E-state index in [9.17, 15) is 22.8 Å². The zero-order chi connectivity index (χ0) is 17.7. The molecular formula is C13H15F3N2O4S. The van der Waals surface area contributed by atoms with Crippen molar-refractivity contribution in [1.82, 2.24) is 10.3 Å². The third-order valence-electron chi connectivity index (χ3n) is 2.74. The van der Waals surface area contributed by atoms with E-state index in [1.165, 1.54) is 14.0 Å². The number of pyridine rings is 1. The van der Waals surface area contributed by atoms with Gasteiger partial charge in [-0.15, -0.1) is 0 Å². The third kappa shape index (κ3) is 5.71. The standard InChI is InChI=1S/C13H15F3N2O4S/c1-12(7-22-2,11(20)21)18-9(19)6-23-10-4-3-8(5-17-10)13(14,15)16/h3-5H,6-7H2,1-2H3,(H,18,19)(H,20,21). The maximum absolute atomic E-state index is 12.4. The minimum Gasteiger partial charge on any atom is -0.479 e. The maximum Gasteiger partial charge on any atom is 0.417 e. The second-order valence-corrected chi connectivity index (χ2v) is 5.79. The Balaban J connectivity index is 2.61. The average Bonchev–Trinajstić information content (AvgIpc) is 2.44. The Morgan fingerprint density at radius 3 is 2.48 bits per heavy atom. The highest BCUT2D eigenvalue weighted by molar-refractivity contribution is 7.99. The number of methoxy groups -OCH3 is 1. The molecule has 10 heteroatoms. The lowest BCUT2D eigenvalue weighted by Gasteiger charge is -2.25. The first-order valence-electron chi connectivity index (χ1n) is 6.28. The number of ether oxygens (including phenoxy) is 1. The van der Waals surface area contributed by atoms with Crippen LogP contribution in [0.25, 0.3) is 0 Å². The normalized spacial score (nSPS) is 14.1. The Morgan fingerprint density at radius 1 is 1.39 bits per heavy atom. The summed E-state index contributed by atoms with van der Waals surface area (Å²) >= 11 is 0.894. The first-order valence-corrected chi connectivity index (χ1v) is 7.26. The van der Waals surface area contributed by atoms with Crippen molar-refractivity contribution >= 4 is 23.6 Å². The Kier molecular flexibility index (Phi) is 6.39. The fourth-order valence-corrected chi connectivity index (χ4v) is 2.20. The molecule has 1 atom stereocenters. The van der Waals surface area contributed by atoms with Crippen LogP contribution in [-0.4, -0.2) is 47.0 Å². The van der Waals surface area contributed by atoms with E-state index in [1.807, 2.05) is 0 Å². The molecule has 128 valence electrons. The van der Waals surface area contributed by atoms with E-state index >= 15 is 0 Å². The number of thioether (sulfide) groups is 1. The molecule has 1 aromatic rings. The minimum atomic E-state index is -4.48. The largest absolute Gasteiger partial charge is 0.479 e. The summed E-state index contributed by atoms with van der Waals surface area (Å²) in [5, 5.41) is 11.6. The second-order valence-electron chi connectivity index (χ2n) is 4.79. The van der Waals surface area contributed by atoms with Crippen LogP contribution in [-0.2, 0) is 20.5 Å². The summed E-state index contributed by atoms with van der Waals surface area (Å²) in [6, 6.07) is 2.01. The summed E-state index contributed by atoms with van der Waals surface area (Å²) in [5.74, 6) is -2.05. The molecule has 0 aliphatic carbocycles. The fraction of sp³-hybridized carbons (Fsp3) is 0.462. The Bertz CT molecular complexity index is 565. The second kappa shape index (κ2) is 7.64. The molecule has 0 aliphatic rings. The van der Waals surface area contributed by atoms with Gasteiger partial charge in [0.15, 0.2) is 5.54 Å². The minimum absolute atomic E-state index is 0.190. The van der Waals surface area contributed by atoms with E-state index < -0.39 is 29.2 Å². The molecule has 1 rings (SSSR count). The van der Waals surface area contributed by atoms with Crippen LogP contribution in [0.15, 0.2) is 23.4 Å². The number of aromatic nitrogens is 1. The van der Waals surface area contributed by atoms with E-state index in [2.05, 4.69) is 10.3 Å². The monoisotopic (exact) mass is 352 g/mol. The number of hydrogen-bond donors (Lipinski definition) is 2. The van der Waals surface area contributed by atoms with Gasteiger partial charge in [-0.1, -0.05) is 11.8 Å². The van der Waals surface area contributed by atoms with Crippen LogP contribution in [0.1, 0.15) is 12.5 Å². The van der Waals surface area contributed by atoms with Crippen LogP contribution in [0.4, 0.5) is 13.2 Å². The maximum atomic E-state index is 12.4. The highest BCUT2D eigenvalue weighted by Crippen LogP contribution is 2.29. The van der Waals surface area contributed by atoms with Crippen molar-refractivity contribution in [3.05, 3.63) is 23.9 Å². The quantitative estimate of drug-likeness (QED) is 0.728. The van der Waals surface area contributed by atoms with Crippen LogP contribution < -0.4 is 5.32 Å². The number of hydrogen-bond acceptors (Lipinski definition) is 5. The Morgan fingerprint density at radius 2 is 2.04 bits per heavy atom. The van der Waals surface area contributed by atoms with Gasteiger partial charge >= 0.3 is 12.1 Å². The first kappa shape index (κ1) is 19.2. The van der Waals surface area contributed by atoms with Crippen LogP contribution in [0, 0.1) is 0 Å². The molecule has 1 aromatic heterocycles. The molecule has 6 nitrogen and oxygen atoms in total. The van der Waals surface area contributed by atoms with Gasteiger partial charge in [-0.05, 0) is 19.1 Å². The molecule has 0 aliphatic heterocycles. The number of nitrogens with one attached hydrogen (secondary N) is 1. The van der Waals surface area contributed by atoms with Gasteiger partial charge in [0.2, 0.25) is 5.91 Å². The fourth-order valence-electron chi connectivity index (χ4n) is 1.56. The highest BCUT2D eigenvalue weighted by atomic mass is 32.2. The van der Waals surface area contributed by atoms with Crippen LogP contribution in [0.5, 0.6) is 0 Å². The summed E-state index contributed by atoms with van der Waals surface area (Å²) in [7, 11) is 1.30. The highest BCUT2D eigenvalue weighted by Gasteiger charge is 2.35. The molecule has 1 amide bonds. The van der Waals surface area contributed by atoms with Gasteiger partial charge in [0.1, 0.15) is 0 Å². The van der Waals surface area contributed by atoms with Gasteiger partial charge in [-0.3, -0.25) is 4.79 Å². The van der Waals surface area contributed by atoms with Crippen LogP contribution >= 0.6 is 11.8 Å². The molecule has 1 unspecified atom stereocenters. The summed E-state index contributed by atoms with van der Waals surface area (Å²) in [6.07, 6.45) is -3.80. The lowest BCUT2D eigenvalue weighted by molar-refractivity contribution is -0.148. The molecule has 0 saturated heterocycles. The third-order valence-corrected chi connectivity index (χ3v) is 3.68. The molecule has 0 aromatic carbocycles. The van der Waals surface area contributed by atoms with Gasteiger partial charge in [0, 0.05) is 13.3 Å². The Labute approximate surface area is 134 Å². The van der Waals surface area contributed by atoms with Crippen molar-refractivity contribution in [3.63, 3.8) is 0 Å². The van der Waals surface area contributed by atoms with E-state index in [1.54, 1.807) is 0 Å². The van der Waals surface area contributed by atoms with Gasteiger partial charge in [-0.25, -0.2) is 9.78 Å². The summed E-state index contributed by atoms with van der Waals surface area (Å²) < 4.78 is 41.9. The first-order chi connectivity index (χ1) is 10.6. The SMILES string of the molecule is COCC(C)(NC(=O)CSc1ccc(C(F)(F)F)cn1)C(=O)O. The van der Waals surface area contributed by atoms with Crippen LogP contribution in [0.3, 0.4) is 0 Å². The van der Waals surface area contributed by atoms with E-state index in [0.717, 1.165) is 23.9 Å². The summed E-state index contributed by atoms with van der Waals surface area (Å²) in [6.45, 7) is 1.06. The van der Waals surface area contributed by atoms with Crippen molar-refractivity contribution in [1.29, 1.82) is 0 Å². The lowest BCUT2D eigenvalue weighted by Crippen LogP contribution is -2.55. The average molecular weight is 352 g/mol. The zero-order valence-corrected chi connectivity index (χ0v) is 13.1. The molecule has 0 radical (unpaired) electrons. The van der Waals surface area contributed by atoms with Gasteiger partial charge in [-0.2, -0.15) is 13.2 Å². The molecule has 2 N–H and O–H groups in total. The number of carboxylic acids is 1. The van der Waals surface area contributed by atoms with E-state index in [0.29, 0.717) is 6.20 Å². The van der Waals surface area contributed by atoms with E-state index in [4.69, 9.17) is 9.84 Å². The molecule has 0 spiro atoms. The molecule has 0 bridgehead atoms. The number of rotatable bonds is 7. The van der Waals surface area contributed by atoms with Gasteiger partial charge in [0.25, 0.3) is 0 Å². The van der Waals surface area contributed by atoms with Gasteiger partial charge in [0.05, 0.1) is 22.9 Å². The molecule has 23 heavy (non-hydrogen) atoms. The topological polar surface area (TPSA) is 88.5 Å². The lowest BCUT2D eigenvalue weighted by atomic mass is 10.0. The van der Waals surface area contributed by atoms with Crippen molar-refractivity contribution in [2.75, 3.05) is 19.5 Å². The predicted molar refractivity (Wildman–Crippen MR) is 76.0 cm³/mol. The van der Waals surface area contributed by atoms with Crippen molar-refractivity contribution in [3.8, 4) is 0 Å². The Hall–Kier alpha value is -1.81. The number of carboxylic acid groups (broad SMARTS) is 1. The van der Waals surface area contributed by atoms with Crippen molar-refractivity contribution in [2.45, 2.75) is 23.7 Å². The molecular weight excluding hydrogens is 337 g/mol. The zero-order valence-electron chi connectivity index (χ0n) is 12.3. The summed E-state index contributed by atoms with van der Waals surface area (Å²) in [4.78, 5) is 26.5. The summed E-state index contributed by atoms with van der Waals surface area (Å²) in [5.41, 5.74) is -2.47. The number of halogens is 3.